The van der Waals surface area contributed by atoms with Crippen molar-refractivity contribution in [1.82, 2.24) is 14.7 Å². The van der Waals surface area contributed by atoms with E-state index in [0.29, 0.717) is 23.7 Å². The molecule has 1 amide bonds. The van der Waals surface area contributed by atoms with Gasteiger partial charge in [-0.2, -0.15) is 5.10 Å². The first-order chi connectivity index (χ1) is 12.5. The fourth-order valence-corrected chi connectivity index (χ4v) is 2.55. The molecule has 26 heavy (non-hydrogen) atoms. The van der Waals surface area contributed by atoms with Crippen LogP contribution in [0.1, 0.15) is 15.9 Å². The van der Waals surface area contributed by atoms with Crippen LogP contribution >= 0.6 is 11.6 Å². The highest BCUT2D eigenvalue weighted by atomic mass is 35.5. The zero-order chi connectivity index (χ0) is 18.5. The lowest BCUT2D eigenvalue weighted by Gasteiger charge is -2.16. The summed E-state index contributed by atoms with van der Waals surface area (Å²) in [6.07, 6.45) is 3.27. The van der Waals surface area contributed by atoms with Crippen molar-refractivity contribution < 1.29 is 9.53 Å². The van der Waals surface area contributed by atoms with Gasteiger partial charge in [0.15, 0.2) is 0 Å². The third kappa shape index (κ3) is 4.43. The third-order valence-corrected chi connectivity index (χ3v) is 4.24. The molecule has 2 aromatic carbocycles. The van der Waals surface area contributed by atoms with Crippen molar-refractivity contribution in [2.24, 2.45) is 0 Å². The molecule has 0 aliphatic rings. The van der Waals surface area contributed by atoms with Gasteiger partial charge in [0.2, 0.25) is 0 Å². The molecule has 0 unspecified atom stereocenters. The number of carbonyl (C=O) groups is 1. The minimum absolute atomic E-state index is 0.0993. The summed E-state index contributed by atoms with van der Waals surface area (Å²) >= 11 is 5.89. The second-order valence-electron chi connectivity index (χ2n) is 6.04. The molecule has 3 rings (SSSR count). The second kappa shape index (κ2) is 8.06. The summed E-state index contributed by atoms with van der Waals surface area (Å²) in [5.41, 5.74) is 2.55. The number of amides is 1. The maximum atomic E-state index is 12.5. The van der Waals surface area contributed by atoms with Crippen LogP contribution in [0.15, 0.2) is 60.9 Å². The first-order valence-electron chi connectivity index (χ1n) is 8.28. The van der Waals surface area contributed by atoms with Gasteiger partial charge in [-0.25, -0.2) is 4.68 Å². The molecule has 0 saturated heterocycles. The molecule has 0 bridgehead atoms. The highest BCUT2D eigenvalue weighted by Crippen LogP contribution is 2.14. The largest absolute Gasteiger partial charge is 0.492 e. The van der Waals surface area contributed by atoms with E-state index >= 15 is 0 Å². The Kier molecular flexibility index (Phi) is 5.58. The standard InChI is InChI=1S/C20H20ClN3O2/c1-15-3-9-19(10-4-15)26-12-11-23(2)20(25)16-13-22-24(14-16)18-7-5-17(21)6-8-18/h3-10,13-14H,11-12H2,1-2H3. The predicted molar refractivity (Wildman–Crippen MR) is 102 cm³/mol. The minimum atomic E-state index is -0.0993. The number of aryl methyl sites for hydroxylation is 1. The van der Waals surface area contributed by atoms with Crippen molar-refractivity contribution in [2.45, 2.75) is 6.92 Å². The van der Waals surface area contributed by atoms with Crippen LogP contribution in [-0.4, -0.2) is 40.8 Å². The molecular weight excluding hydrogens is 350 g/mol. The molecule has 0 atom stereocenters. The Labute approximate surface area is 157 Å². The van der Waals surface area contributed by atoms with E-state index in [2.05, 4.69) is 5.10 Å². The van der Waals surface area contributed by atoms with Crippen molar-refractivity contribution in [3.05, 3.63) is 77.1 Å². The highest BCUT2D eigenvalue weighted by molar-refractivity contribution is 6.30. The van der Waals surface area contributed by atoms with Crippen molar-refractivity contribution in [2.75, 3.05) is 20.2 Å². The van der Waals surface area contributed by atoms with Crippen LogP contribution in [0.3, 0.4) is 0 Å². The third-order valence-electron chi connectivity index (χ3n) is 3.98. The average molecular weight is 370 g/mol. The number of hydrogen-bond donors (Lipinski definition) is 0. The summed E-state index contributed by atoms with van der Waals surface area (Å²) in [4.78, 5) is 14.1. The number of carbonyl (C=O) groups excluding carboxylic acids is 1. The lowest BCUT2D eigenvalue weighted by molar-refractivity contribution is 0.0774. The first-order valence-corrected chi connectivity index (χ1v) is 8.66. The summed E-state index contributed by atoms with van der Waals surface area (Å²) in [5, 5.41) is 4.91. The zero-order valence-corrected chi connectivity index (χ0v) is 15.5. The van der Waals surface area contributed by atoms with Gasteiger partial charge in [0.1, 0.15) is 12.4 Å². The van der Waals surface area contributed by atoms with Gasteiger partial charge in [0, 0.05) is 18.3 Å². The normalized spacial score (nSPS) is 10.6. The van der Waals surface area contributed by atoms with Crippen LogP contribution in [0.2, 0.25) is 5.02 Å². The van der Waals surface area contributed by atoms with E-state index in [4.69, 9.17) is 16.3 Å². The number of likely N-dealkylation sites (N-methyl/N-ethyl adjacent to an activating group) is 1. The van der Waals surface area contributed by atoms with Gasteiger partial charge in [-0.15, -0.1) is 0 Å². The van der Waals surface area contributed by atoms with E-state index in [1.54, 1.807) is 41.2 Å². The van der Waals surface area contributed by atoms with E-state index < -0.39 is 0 Å². The molecular formula is C20H20ClN3O2. The monoisotopic (exact) mass is 369 g/mol. The predicted octanol–water partition coefficient (Wildman–Crippen LogP) is 3.99. The van der Waals surface area contributed by atoms with Gasteiger partial charge < -0.3 is 9.64 Å². The topological polar surface area (TPSA) is 47.4 Å². The SMILES string of the molecule is Cc1ccc(OCCN(C)C(=O)c2cnn(-c3ccc(Cl)cc3)c2)cc1. The molecule has 0 radical (unpaired) electrons. The number of nitrogens with zero attached hydrogens (tertiary/aromatic N) is 3. The van der Waals surface area contributed by atoms with Crippen LogP contribution in [-0.2, 0) is 0 Å². The molecule has 0 fully saturated rings. The van der Waals surface area contributed by atoms with Crippen LogP contribution in [0.5, 0.6) is 5.75 Å². The van der Waals surface area contributed by atoms with Gasteiger partial charge in [-0.3, -0.25) is 4.79 Å². The maximum absolute atomic E-state index is 12.5. The molecule has 0 saturated carbocycles. The summed E-state index contributed by atoms with van der Waals surface area (Å²) in [6.45, 7) is 2.94. The summed E-state index contributed by atoms with van der Waals surface area (Å²) in [7, 11) is 1.75. The van der Waals surface area contributed by atoms with E-state index in [9.17, 15) is 4.79 Å². The first kappa shape index (κ1) is 18.0. The Balaban J connectivity index is 1.56. The number of benzene rings is 2. The molecule has 0 aliphatic heterocycles. The van der Waals surface area contributed by atoms with Gasteiger partial charge in [-0.05, 0) is 43.3 Å². The van der Waals surface area contributed by atoms with Gasteiger partial charge in [0.25, 0.3) is 5.91 Å². The number of halogens is 1. The van der Waals surface area contributed by atoms with E-state index in [-0.39, 0.29) is 5.91 Å². The lowest BCUT2D eigenvalue weighted by Crippen LogP contribution is -2.30. The fourth-order valence-electron chi connectivity index (χ4n) is 2.43. The quantitative estimate of drug-likeness (QED) is 0.660. The summed E-state index contributed by atoms with van der Waals surface area (Å²) < 4.78 is 7.33. The van der Waals surface area contributed by atoms with Gasteiger partial charge in [-0.1, -0.05) is 29.3 Å². The molecule has 1 aromatic heterocycles. The fraction of sp³-hybridized carbons (Fsp3) is 0.200. The summed E-state index contributed by atoms with van der Waals surface area (Å²) in [6, 6.07) is 15.1. The highest BCUT2D eigenvalue weighted by Gasteiger charge is 2.14. The van der Waals surface area contributed by atoms with Crippen LogP contribution in [0.4, 0.5) is 0 Å². The van der Waals surface area contributed by atoms with Gasteiger partial charge in [0.05, 0.1) is 24.0 Å². The van der Waals surface area contributed by atoms with Crippen molar-refractivity contribution in [3.63, 3.8) is 0 Å². The molecule has 0 N–H and O–H groups in total. The molecule has 1 heterocycles. The average Bonchev–Trinajstić information content (AvgIpc) is 3.13. The maximum Gasteiger partial charge on any atom is 0.256 e. The second-order valence-corrected chi connectivity index (χ2v) is 6.47. The van der Waals surface area contributed by atoms with E-state index in [0.717, 1.165) is 11.4 Å². The Morgan fingerprint density at radius 2 is 1.85 bits per heavy atom. The van der Waals surface area contributed by atoms with Gasteiger partial charge >= 0.3 is 0 Å². The Bertz CT molecular complexity index is 873. The minimum Gasteiger partial charge on any atom is -0.492 e. The molecule has 0 aliphatic carbocycles. The number of rotatable bonds is 6. The zero-order valence-electron chi connectivity index (χ0n) is 14.7. The van der Waals surface area contributed by atoms with Crippen LogP contribution in [0.25, 0.3) is 5.69 Å². The molecule has 3 aromatic rings. The number of hydrogen-bond acceptors (Lipinski definition) is 3. The van der Waals surface area contributed by atoms with Crippen molar-refractivity contribution in [3.8, 4) is 11.4 Å². The lowest BCUT2D eigenvalue weighted by atomic mass is 10.2. The summed E-state index contributed by atoms with van der Waals surface area (Å²) in [5.74, 6) is 0.699. The van der Waals surface area contributed by atoms with E-state index in [1.165, 1.54) is 5.56 Å². The van der Waals surface area contributed by atoms with Crippen LogP contribution < -0.4 is 4.74 Å². The molecule has 134 valence electrons. The Hall–Kier alpha value is -2.79. The molecule has 0 spiro atoms. The number of ether oxygens (including phenoxy) is 1. The van der Waals surface area contributed by atoms with Crippen molar-refractivity contribution >= 4 is 17.5 Å². The Morgan fingerprint density at radius 3 is 2.54 bits per heavy atom. The van der Waals surface area contributed by atoms with E-state index in [1.807, 2.05) is 43.3 Å². The van der Waals surface area contributed by atoms with Crippen LogP contribution in [0, 0.1) is 6.92 Å². The molecule has 5 nitrogen and oxygen atoms in total. The number of aromatic nitrogens is 2. The molecule has 6 heteroatoms. The smallest absolute Gasteiger partial charge is 0.256 e. The Morgan fingerprint density at radius 1 is 1.15 bits per heavy atom. The van der Waals surface area contributed by atoms with Crippen molar-refractivity contribution in [1.29, 1.82) is 0 Å².